The number of halogens is 1. The van der Waals surface area contributed by atoms with Crippen LogP contribution in [0.4, 0.5) is 0 Å². The first-order valence-electron chi connectivity index (χ1n) is 6.68. The van der Waals surface area contributed by atoms with Gasteiger partial charge in [0.2, 0.25) is 0 Å². The molecule has 0 aliphatic rings. The smallest absolute Gasteiger partial charge is 0.0635 e. The molecule has 0 aliphatic carbocycles. The Morgan fingerprint density at radius 3 is 2.68 bits per heavy atom. The number of hydrogen-bond acceptors (Lipinski definition) is 2. The standard InChI is InChI=1S/C15H20BrN3/c1-3-19-15(13(16)11-18-19)10-9-14(17-2)12-7-5-4-6-8-12/h4-8,11,14,17H,3,9-10H2,1-2H3. The van der Waals surface area contributed by atoms with Gasteiger partial charge in [0.25, 0.3) is 0 Å². The van der Waals surface area contributed by atoms with Gasteiger partial charge in [-0.15, -0.1) is 0 Å². The largest absolute Gasteiger partial charge is 0.313 e. The van der Waals surface area contributed by atoms with E-state index in [1.54, 1.807) is 0 Å². The number of aromatic nitrogens is 2. The van der Waals surface area contributed by atoms with Gasteiger partial charge in [0.05, 0.1) is 16.4 Å². The van der Waals surface area contributed by atoms with Crippen LogP contribution in [0, 0.1) is 0 Å². The van der Waals surface area contributed by atoms with E-state index in [-0.39, 0.29) is 0 Å². The predicted octanol–water partition coefficient (Wildman–Crippen LogP) is 3.56. The number of rotatable bonds is 6. The SMILES string of the molecule is CCn1ncc(Br)c1CCC(NC)c1ccccc1. The van der Waals surface area contributed by atoms with Crippen LogP contribution in [0.15, 0.2) is 41.0 Å². The summed E-state index contributed by atoms with van der Waals surface area (Å²) in [6, 6.07) is 11.0. The molecule has 0 amide bonds. The zero-order chi connectivity index (χ0) is 13.7. The molecule has 0 fully saturated rings. The van der Waals surface area contributed by atoms with Gasteiger partial charge in [-0.25, -0.2) is 0 Å². The number of aryl methyl sites for hydroxylation is 1. The minimum atomic E-state index is 0.383. The third-order valence-electron chi connectivity index (χ3n) is 3.42. The van der Waals surface area contributed by atoms with Crippen LogP contribution in [-0.2, 0) is 13.0 Å². The fourth-order valence-electron chi connectivity index (χ4n) is 2.35. The van der Waals surface area contributed by atoms with Gasteiger partial charge in [-0.1, -0.05) is 30.3 Å². The van der Waals surface area contributed by atoms with E-state index in [9.17, 15) is 0 Å². The van der Waals surface area contributed by atoms with Gasteiger partial charge < -0.3 is 5.32 Å². The average molecular weight is 322 g/mol. The van der Waals surface area contributed by atoms with Crippen molar-refractivity contribution in [1.29, 1.82) is 0 Å². The highest BCUT2D eigenvalue weighted by Gasteiger charge is 2.12. The maximum absolute atomic E-state index is 4.36. The Morgan fingerprint density at radius 1 is 1.32 bits per heavy atom. The van der Waals surface area contributed by atoms with Crippen molar-refractivity contribution in [2.45, 2.75) is 32.4 Å². The molecule has 1 heterocycles. The zero-order valence-corrected chi connectivity index (χ0v) is 13.0. The second-order valence-electron chi connectivity index (χ2n) is 4.55. The summed E-state index contributed by atoms with van der Waals surface area (Å²) >= 11 is 3.58. The van der Waals surface area contributed by atoms with Crippen molar-refractivity contribution in [1.82, 2.24) is 15.1 Å². The highest BCUT2D eigenvalue weighted by Crippen LogP contribution is 2.22. The van der Waals surface area contributed by atoms with Crippen molar-refractivity contribution in [3.05, 3.63) is 52.3 Å². The van der Waals surface area contributed by atoms with E-state index in [0.29, 0.717) is 6.04 Å². The summed E-state index contributed by atoms with van der Waals surface area (Å²) in [5, 5.41) is 7.75. The van der Waals surface area contributed by atoms with Gasteiger partial charge in [-0.2, -0.15) is 5.10 Å². The third kappa shape index (κ3) is 3.45. The molecule has 102 valence electrons. The Bertz CT molecular complexity index is 507. The molecule has 2 aromatic rings. The fourth-order valence-corrected chi connectivity index (χ4v) is 2.85. The van der Waals surface area contributed by atoms with Crippen molar-refractivity contribution < 1.29 is 0 Å². The molecule has 1 N–H and O–H groups in total. The Morgan fingerprint density at radius 2 is 2.05 bits per heavy atom. The van der Waals surface area contributed by atoms with E-state index >= 15 is 0 Å². The van der Waals surface area contributed by atoms with Crippen LogP contribution < -0.4 is 5.32 Å². The van der Waals surface area contributed by atoms with Crippen molar-refractivity contribution in [2.24, 2.45) is 0 Å². The predicted molar refractivity (Wildman–Crippen MR) is 82.2 cm³/mol. The summed E-state index contributed by atoms with van der Waals surface area (Å²) in [6.45, 7) is 3.03. The molecule has 4 heteroatoms. The number of benzene rings is 1. The summed E-state index contributed by atoms with van der Waals surface area (Å²) in [7, 11) is 2.02. The Hall–Kier alpha value is -1.13. The van der Waals surface area contributed by atoms with Crippen LogP contribution in [0.3, 0.4) is 0 Å². The summed E-state index contributed by atoms with van der Waals surface area (Å²) in [6.07, 6.45) is 3.95. The minimum Gasteiger partial charge on any atom is -0.313 e. The normalized spacial score (nSPS) is 12.6. The van der Waals surface area contributed by atoms with E-state index in [1.165, 1.54) is 11.3 Å². The van der Waals surface area contributed by atoms with Gasteiger partial charge in [-0.05, 0) is 48.3 Å². The first-order chi connectivity index (χ1) is 9.26. The van der Waals surface area contributed by atoms with E-state index in [0.717, 1.165) is 23.9 Å². The van der Waals surface area contributed by atoms with Crippen molar-refractivity contribution in [3.63, 3.8) is 0 Å². The molecule has 0 spiro atoms. The number of nitrogens with one attached hydrogen (secondary N) is 1. The molecule has 2 rings (SSSR count). The first kappa shape index (κ1) is 14.3. The van der Waals surface area contributed by atoms with E-state index < -0.39 is 0 Å². The monoisotopic (exact) mass is 321 g/mol. The zero-order valence-electron chi connectivity index (χ0n) is 11.4. The summed E-state index contributed by atoms with van der Waals surface area (Å²) < 4.78 is 3.17. The number of nitrogens with zero attached hydrogens (tertiary/aromatic N) is 2. The third-order valence-corrected chi connectivity index (χ3v) is 4.08. The molecule has 0 saturated carbocycles. The minimum absolute atomic E-state index is 0.383. The Labute approximate surface area is 123 Å². The molecule has 1 aromatic carbocycles. The van der Waals surface area contributed by atoms with Crippen LogP contribution in [0.25, 0.3) is 0 Å². The van der Waals surface area contributed by atoms with Crippen LogP contribution in [0.2, 0.25) is 0 Å². The second-order valence-corrected chi connectivity index (χ2v) is 5.40. The summed E-state index contributed by atoms with van der Waals surface area (Å²) in [4.78, 5) is 0. The van der Waals surface area contributed by atoms with E-state index in [4.69, 9.17) is 0 Å². The van der Waals surface area contributed by atoms with Gasteiger partial charge in [0.15, 0.2) is 0 Å². The molecule has 0 bridgehead atoms. The lowest BCUT2D eigenvalue weighted by Crippen LogP contribution is -2.17. The van der Waals surface area contributed by atoms with Gasteiger partial charge >= 0.3 is 0 Å². The highest BCUT2D eigenvalue weighted by atomic mass is 79.9. The second kappa shape index (κ2) is 6.87. The molecule has 1 atom stereocenters. The molecule has 1 unspecified atom stereocenters. The van der Waals surface area contributed by atoms with E-state index in [2.05, 4.69) is 68.3 Å². The molecule has 0 radical (unpaired) electrons. The van der Waals surface area contributed by atoms with Crippen LogP contribution in [-0.4, -0.2) is 16.8 Å². The van der Waals surface area contributed by atoms with E-state index in [1.807, 2.05) is 13.2 Å². The van der Waals surface area contributed by atoms with Crippen molar-refractivity contribution in [2.75, 3.05) is 7.05 Å². The first-order valence-corrected chi connectivity index (χ1v) is 7.48. The van der Waals surface area contributed by atoms with Crippen LogP contribution in [0.5, 0.6) is 0 Å². The quantitative estimate of drug-likeness (QED) is 0.881. The number of hydrogen-bond donors (Lipinski definition) is 1. The lowest BCUT2D eigenvalue weighted by Gasteiger charge is -2.17. The molecule has 1 aromatic heterocycles. The Balaban J connectivity index is 2.06. The maximum Gasteiger partial charge on any atom is 0.0635 e. The fraction of sp³-hybridized carbons (Fsp3) is 0.400. The molecular formula is C15H20BrN3. The topological polar surface area (TPSA) is 29.9 Å². The van der Waals surface area contributed by atoms with Gasteiger partial charge in [-0.3, -0.25) is 4.68 Å². The lowest BCUT2D eigenvalue weighted by atomic mass is 10.0. The summed E-state index contributed by atoms with van der Waals surface area (Å²) in [5.74, 6) is 0. The maximum atomic E-state index is 4.36. The van der Waals surface area contributed by atoms with Crippen LogP contribution in [0.1, 0.15) is 30.6 Å². The van der Waals surface area contributed by atoms with Gasteiger partial charge in [0.1, 0.15) is 0 Å². The lowest BCUT2D eigenvalue weighted by molar-refractivity contribution is 0.525. The summed E-state index contributed by atoms with van der Waals surface area (Å²) in [5.41, 5.74) is 2.61. The molecule has 3 nitrogen and oxygen atoms in total. The van der Waals surface area contributed by atoms with Gasteiger partial charge in [0, 0.05) is 12.6 Å². The highest BCUT2D eigenvalue weighted by molar-refractivity contribution is 9.10. The average Bonchev–Trinajstić information content (AvgIpc) is 2.81. The molecule has 0 saturated heterocycles. The molecular weight excluding hydrogens is 302 g/mol. The molecule has 0 aliphatic heterocycles. The van der Waals surface area contributed by atoms with Crippen molar-refractivity contribution in [3.8, 4) is 0 Å². The van der Waals surface area contributed by atoms with Crippen molar-refractivity contribution >= 4 is 15.9 Å². The Kier molecular flexibility index (Phi) is 5.16. The molecule has 19 heavy (non-hydrogen) atoms. The van der Waals surface area contributed by atoms with Crippen LogP contribution >= 0.6 is 15.9 Å².